The van der Waals surface area contributed by atoms with Crippen LogP contribution in [0.15, 0.2) is 53.8 Å². The summed E-state index contributed by atoms with van der Waals surface area (Å²) in [6, 6.07) is 11.8. The van der Waals surface area contributed by atoms with Crippen LogP contribution in [0.4, 0.5) is 4.39 Å². The average Bonchev–Trinajstić information content (AvgIpc) is 3.25. The highest BCUT2D eigenvalue weighted by molar-refractivity contribution is 7.99. The van der Waals surface area contributed by atoms with Gasteiger partial charge < -0.3 is 19.8 Å². The number of nitrogens with zero attached hydrogens (tertiary/aromatic N) is 1. The van der Waals surface area contributed by atoms with Gasteiger partial charge in [-0.2, -0.15) is 0 Å². The Kier molecular flexibility index (Phi) is 6.46. The summed E-state index contributed by atoms with van der Waals surface area (Å²) in [6.07, 6.45) is 1.68. The molecule has 2 N–H and O–H groups in total. The zero-order valence-electron chi connectivity index (χ0n) is 17.4. The number of amides is 1. The molecule has 2 heterocycles. The number of rotatable bonds is 7. The molecule has 162 valence electrons. The van der Waals surface area contributed by atoms with E-state index in [1.165, 1.54) is 23.9 Å². The lowest BCUT2D eigenvalue weighted by Crippen LogP contribution is -2.33. The smallest absolute Gasteiger partial charge is 0.230 e. The monoisotopic (exact) mass is 441 g/mol. The van der Waals surface area contributed by atoms with Crippen molar-refractivity contribution in [1.29, 1.82) is 0 Å². The van der Waals surface area contributed by atoms with Gasteiger partial charge in [-0.15, -0.1) is 0 Å². The van der Waals surface area contributed by atoms with Gasteiger partial charge in [0.15, 0.2) is 16.7 Å². The lowest BCUT2D eigenvalue weighted by Gasteiger charge is -2.25. The summed E-state index contributed by atoms with van der Waals surface area (Å²) in [4.78, 5) is 20.1. The number of imidazole rings is 1. The number of fused-ring (bicyclic) bond motifs is 1. The van der Waals surface area contributed by atoms with Crippen LogP contribution in [0.25, 0.3) is 11.3 Å². The number of carbonyl (C=O) groups is 1. The first kappa shape index (κ1) is 21.2. The zero-order chi connectivity index (χ0) is 21.8. The van der Waals surface area contributed by atoms with Crippen molar-refractivity contribution >= 4 is 17.7 Å². The number of hydrogen-bond acceptors (Lipinski definition) is 5. The summed E-state index contributed by atoms with van der Waals surface area (Å²) < 4.78 is 24.4. The first-order chi connectivity index (χ1) is 15.0. The summed E-state index contributed by atoms with van der Waals surface area (Å²) in [5, 5.41) is 3.75. The number of aromatic nitrogens is 2. The SMILES string of the molecule is CC(C)C(NC(=O)CSc1ncc(-c2ccc(F)cc2)[nH]1)c1ccc2c(c1)OCCO2. The Morgan fingerprint density at radius 3 is 2.65 bits per heavy atom. The largest absolute Gasteiger partial charge is 0.486 e. The Morgan fingerprint density at radius 2 is 1.90 bits per heavy atom. The van der Waals surface area contributed by atoms with Crippen molar-refractivity contribution < 1.29 is 18.7 Å². The normalized spacial score (nSPS) is 13.8. The van der Waals surface area contributed by atoms with Crippen molar-refractivity contribution in [2.24, 2.45) is 5.92 Å². The van der Waals surface area contributed by atoms with Crippen LogP contribution in [-0.2, 0) is 4.79 Å². The van der Waals surface area contributed by atoms with E-state index in [2.05, 4.69) is 29.1 Å². The van der Waals surface area contributed by atoms with Gasteiger partial charge in [0.2, 0.25) is 5.91 Å². The maximum atomic E-state index is 13.1. The van der Waals surface area contributed by atoms with Crippen molar-refractivity contribution in [3.63, 3.8) is 0 Å². The number of halogens is 1. The van der Waals surface area contributed by atoms with E-state index < -0.39 is 0 Å². The number of ether oxygens (including phenoxy) is 2. The molecule has 1 aliphatic rings. The predicted molar refractivity (Wildman–Crippen MR) is 118 cm³/mol. The number of carbonyl (C=O) groups excluding carboxylic acids is 1. The van der Waals surface area contributed by atoms with Gasteiger partial charge in [0.25, 0.3) is 0 Å². The molecule has 4 rings (SSSR count). The highest BCUT2D eigenvalue weighted by atomic mass is 32.2. The molecule has 1 amide bonds. The third kappa shape index (κ3) is 5.19. The Bertz CT molecular complexity index is 1050. The molecule has 0 radical (unpaired) electrons. The van der Waals surface area contributed by atoms with Gasteiger partial charge in [0.1, 0.15) is 19.0 Å². The highest BCUT2D eigenvalue weighted by Gasteiger charge is 2.21. The molecule has 31 heavy (non-hydrogen) atoms. The average molecular weight is 442 g/mol. The Morgan fingerprint density at radius 1 is 1.16 bits per heavy atom. The van der Waals surface area contributed by atoms with E-state index in [0.717, 1.165) is 22.6 Å². The molecule has 1 aromatic heterocycles. The van der Waals surface area contributed by atoms with Gasteiger partial charge in [-0.05, 0) is 53.4 Å². The molecule has 8 heteroatoms. The van der Waals surface area contributed by atoms with Crippen LogP contribution in [-0.4, -0.2) is 34.8 Å². The maximum absolute atomic E-state index is 13.1. The molecule has 2 aromatic carbocycles. The second kappa shape index (κ2) is 9.43. The van der Waals surface area contributed by atoms with Crippen LogP contribution < -0.4 is 14.8 Å². The number of benzene rings is 2. The third-order valence-corrected chi connectivity index (χ3v) is 5.84. The molecule has 0 bridgehead atoms. The molecule has 0 spiro atoms. The summed E-state index contributed by atoms with van der Waals surface area (Å²) in [7, 11) is 0. The van der Waals surface area contributed by atoms with Crippen molar-refractivity contribution in [3.8, 4) is 22.8 Å². The number of aromatic amines is 1. The Labute approximate surface area is 184 Å². The highest BCUT2D eigenvalue weighted by Crippen LogP contribution is 2.34. The Balaban J connectivity index is 1.37. The van der Waals surface area contributed by atoms with Gasteiger partial charge in [-0.25, -0.2) is 9.37 Å². The van der Waals surface area contributed by atoms with Crippen molar-refractivity contribution in [2.75, 3.05) is 19.0 Å². The fourth-order valence-corrected chi connectivity index (χ4v) is 4.05. The summed E-state index contributed by atoms with van der Waals surface area (Å²) in [6.45, 7) is 5.20. The molecule has 1 atom stereocenters. The molecule has 1 unspecified atom stereocenters. The number of hydrogen-bond donors (Lipinski definition) is 2. The van der Waals surface area contributed by atoms with E-state index in [1.54, 1.807) is 18.3 Å². The first-order valence-corrected chi connectivity index (χ1v) is 11.1. The van der Waals surface area contributed by atoms with Crippen LogP contribution in [0.2, 0.25) is 0 Å². The van der Waals surface area contributed by atoms with E-state index in [-0.39, 0.29) is 29.4 Å². The second-order valence-corrected chi connectivity index (χ2v) is 8.55. The van der Waals surface area contributed by atoms with Crippen molar-refractivity contribution in [2.45, 2.75) is 25.0 Å². The van der Waals surface area contributed by atoms with Crippen LogP contribution >= 0.6 is 11.8 Å². The van der Waals surface area contributed by atoms with Gasteiger partial charge in [-0.1, -0.05) is 31.7 Å². The Hall–Kier alpha value is -3.00. The van der Waals surface area contributed by atoms with E-state index in [9.17, 15) is 9.18 Å². The van der Waals surface area contributed by atoms with Crippen LogP contribution in [0.3, 0.4) is 0 Å². The summed E-state index contributed by atoms with van der Waals surface area (Å²) >= 11 is 1.32. The number of thioether (sulfide) groups is 1. The fraction of sp³-hybridized carbons (Fsp3) is 0.304. The van der Waals surface area contributed by atoms with E-state index in [4.69, 9.17) is 9.47 Å². The quantitative estimate of drug-likeness (QED) is 0.525. The van der Waals surface area contributed by atoms with Gasteiger partial charge in [0.05, 0.1) is 23.7 Å². The van der Waals surface area contributed by atoms with Gasteiger partial charge in [-0.3, -0.25) is 4.79 Å². The van der Waals surface area contributed by atoms with Crippen LogP contribution in [0, 0.1) is 11.7 Å². The molecule has 1 aliphatic heterocycles. The molecular weight excluding hydrogens is 417 g/mol. The molecule has 0 aliphatic carbocycles. The van der Waals surface area contributed by atoms with Crippen LogP contribution in [0.5, 0.6) is 11.5 Å². The topological polar surface area (TPSA) is 76.2 Å². The van der Waals surface area contributed by atoms with Crippen molar-refractivity contribution in [3.05, 3.63) is 60.0 Å². The maximum Gasteiger partial charge on any atom is 0.230 e. The molecule has 0 saturated carbocycles. The molecule has 0 fully saturated rings. The molecule has 3 aromatic rings. The molecule has 6 nitrogen and oxygen atoms in total. The fourth-order valence-electron chi connectivity index (χ4n) is 3.39. The number of H-pyrrole nitrogens is 1. The predicted octanol–water partition coefficient (Wildman–Crippen LogP) is 4.59. The molecular formula is C23H24FN3O3S. The minimum Gasteiger partial charge on any atom is -0.486 e. The van der Waals surface area contributed by atoms with Crippen molar-refractivity contribution in [1.82, 2.24) is 15.3 Å². The van der Waals surface area contributed by atoms with E-state index in [1.807, 2.05) is 18.2 Å². The standard InChI is InChI=1S/C23H24FN3O3S/c1-14(2)22(16-5-8-19-20(11-16)30-10-9-29-19)27-21(28)13-31-23-25-12-18(26-23)15-3-6-17(24)7-4-15/h3-8,11-12,14,22H,9-10,13H2,1-2H3,(H,25,26)(H,27,28). The third-order valence-electron chi connectivity index (χ3n) is 4.96. The van der Waals surface area contributed by atoms with Gasteiger partial charge in [0, 0.05) is 0 Å². The summed E-state index contributed by atoms with van der Waals surface area (Å²) in [5.41, 5.74) is 2.59. The lowest BCUT2D eigenvalue weighted by atomic mass is 9.95. The van der Waals surface area contributed by atoms with E-state index >= 15 is 0 Å². The summed E-state index contributed by atoms with van der Waals surface area (Å²) in [5.74, 6) is 1.50. The van der Waals surface area contributed by atoms with Crippen LogP contribution in [0.1, 0.15) is 25.5 Å². The molecule has 0 saturated heterocycles. The van der Waals surface area contributed by atoms with E-state index in [0.29, 0.717) is 24.1 Å². The minimum absolute atomic E-state index is 0.0849. The van der Waals surface area contributed by atoms with Gasteiger partial charge >= 0.3 is 0 Å². The number of nitrogens with one attached hydrogen (secondary N) is 2. The minimum atomic E-state index is -0.285. The second-order valence-electron chi connectivity index (χ2n) is 7.59. The lowest BCUT2D eigenvalue weighted by molar-refractivity contribution is -0.119. The zero-order valence-corrected chi connectivity index (χ0v) is 18.2. The first-order valence-electron chi connectivity index (χ1n) is 10.1.